The van der Waals surface area contributed by atoms with Gasteiger partial charge in [0.2, 0.25) is 0 Å². The number of halogens is 3. The van der Waals surface area contributed by atoms with Crippen molar-refractivity contribution in [2.24, 2.45) is 0 Å². The predicted octanol–water partition coefficient (Wildman–Crippen LogP) is 2.30. The van der Waals surface area contributed by atoms with E-state index in [4.69, 9.17) is 5.26 Å². The number of nitriles is 1. The van der Waals surface area contributed by atoms with Crippen molar-refractivity contribution in [3.05, 3.63) is 29.3 Å². The number of likely N-dealkylation sites (N-methyl/N-ethyl adjacent to an activating group) is 1. The molecule has 0 bridgehead atoms. The Morgan fingerprint density at radius 2 is 1.95 bits per heavy atom. The molecular formula is C14H18F3N3O. The van der Waals surface area contributed by atoms with Crippen LogP contribution in [-0.2, 0) is 6.18 Å². The Morgan fingerprint density at radius 1 is 1.33 bits per heavy atom. The van der Waals surface area contributed by atoms with Crippen molar-refractivity contribution in [3.8, 4) is 6.07 Å². The maximum absolute atomic E-state index is 12.8. The Balaban J connectivity index is 2.89. The summed E-state index contributed by atoms with van der Waals surface area (Å²) in [5, 5.41) is 21.6. The lowest BCUT2D eigenvalue weighted by Crippen LogP contribution is -2.43. The molecule has 0 heterocycles. The number of nitrogens with zero attached hydrogens (tertiary/aromatic N) is 2. The Morgan fingerprint density at radius 3 is 2.43 bits per heavy atom. The summed E-state index contributed by atoms with van der Waals surface area (Å²) in [4.78, 5) is 1.78. The Bertz CT molecular complexity index is 533. The number of hydrogen-bond acceptors (Lipinski definition) is 4. The molecular weight excluding hydrogens is 283 g/mol. The first kappa shape index (κ1) is 17.3. The highest BCUT2D eigenvalue weighted by Gasteiger charge is 2.34. The highest BCUT2D eigenvalue weighted by Crippen LogP contribution is 2.33. The minimum atomic E-state index is -4.59. The van der Waals surface area contributed by atoms with Gasteiger partial charge in [-0.3, -0.25) is 0 Å². The number of alkyl halides is 3. The number of rotatable bonds is 5. The van der Waals surface area contributed by atoms with Crippen molar-refractivity contribution in [3.63, 3.8) is 0 Å². The number of hydrogen-bond donors (Lipinski definition) is 2. The van der Waals surface area contributed by atoms with Gasteiger partial charge in [-0.2, -0.15) is 18.4 Å². The van der Waals surface area contributed by atoms with Crippen LogP contribution in [0.3, 0.4) is 0 Å². The fourth-order valence-corrected chi connectivity index (χ4v) is 2.02. The monoisotopic (exact) mass is 301 g/mol. The van der Waals surface area contributed by atoms with Crippen LogP contribution in [-0.4, -0.2) is 42.8 Å². The third-order valence-corrected chi connectivity index (χ3v) is 2.78. The topological polar surface area (TPSA) is 59.3 Å². The molecule has 0 aliphatic rings. The lowest BCUT2D eigenvalue weighted by Gasteiger charge is -2.27. The van der Waals surface area contributed by atoms with Crippen LogP contribution < -0.4 is 5.32 Å². The number of benzene rings is 1. The van der Waals surface area contributed by atoms with Crippen LogP contribution >= 0.6 is 0 Å². The van der Waals surface area contributed by atoms with Gasteiger partial charge in [0.1, 0.15) is 0 Å². The molecule has 1 rings (SSSR count). The molecule has 7 heteroatoms. The molecule has 1 aromatic carbocycles. The second-order valence-electron chi connectivity index (χ2n) is 5.46. The average Bonchev–Trinajstić information content (AvgIpc) is 2.33. The normalized spacial score (nSPS) is 14.6. The molecule has 4 nitrogen and oxygen atoms in total. The van der Waals surface area contributed by atoms with E-state index in [9.17, 15) is 18.3 Å². The van der Waals surface area contributed by atoms with Gasteiger partial charge in [0.25, 0.3) is 0 Å². The summed E-state index contributed by atoms with van der Waals surface area (Å²) < 4.78 is 38.5. The Labute approximate surface area is 121 Å². The molecule has 1 aromatic rings. The van der Waals surface area contributed by atoms with Crippen molar-refractivity contribution in [2.75, 3.05) is 32.5 Å². The van der Waals surface area contributed by atoms with E-state index in [-0.39, 0.29) is 12.2 Å². The summed E-state index contributed by atoms with van der Waals surface area (Å²) in [5.41, 5.74) is -2.29. The standard InChI is InChI=1S/C14H18F3N3O/c1-13(21,9-20(2)3)8-19-11-5-4-10(7-18)12(6-11)14(15,16)17/h4-6,19,21H,8-9H2,1-3H3. The molecule has 0 amide bonds. The molecule has 0 aromatic heterocycles. The van der Waals surface area contributed by atoms with Crippen LogP contribution in [0.15, 0.2) is 18.2 Å². The molecule has 1 unspecified atom stereocenters. The molecule has 21 heavy (non-hydrogen) atoms. The van der Waals surface area contributed by atoms with E-state index in [1.165, 1.54) is 12.1 Å². The lowest BCUT2D eigenvalue weighted by molar-refractivity contribution is -0.137. The molecule has 0 fully saturated rings. The van der Waals surface area contributed by atoms with Gasteiger partial charge in [-0.1, -0.05) is 0 Å². The van der Waals surface area contributed by atoms with E-state index in [0.717, 1.165) is 12.1 Å². The number of nitrogens with one attached hydrogen (secondary N) is 1. The minimum Gasteiger partial charge on any atom is -0.387 e. The minimum absolute atomic E-state index is 0.0916. The summed E-state index contributed by atoms with van der Waals surface area (Å²) in [5.74, 6) is 0. The van der Waals surface area contributed by atoms with Crippen molar-refractivity contribution in [1.29, 1.82) is 5.26 Å². The Kier molecular flexibility index (Phi) is 5.20. The fourth-order valence-electron chi connectivity index (χ4n) is 2.02. The van der Waals surface area contributed by atoms with Gasteiger partial charge in [0.05, 0.1) is 22.8 Å². The highest BCUT2D eigenvalue weighted by atomic mass is 19.4. The van der Waals surface area contributed by atoms with Crippen molar-refractivity contribution >= 4 is 5.69 Å². The largest absolute Gasteiger partial charge is 0.417 e. The van der Waals surface area contributed by atoms with E-state index < -0.39 is 22.9 Å². The van der Waals surface area contributed by atoms with E-state index in [1.807, 2.05) is 0 Å². The quantitative estimate of drug-likeness (QED) is 0.876. The van der Waals surface area contributed by atoms with Crippen LogP contribution in [0.1, 0.15) is 18.1 Å². The van der Waals surface area contributed by atoms with Crippen molar-refractivity contribution < 1.29 is 18.3 Å². The van der Waals surface area contributed by atoms with Crippen LogP contribution in [0.2, 0.25) is 0 Å². The molecule has 0 radical (unpaired) electrons. The van der Waals surface area contributed by atoms with Gasteiger partial charge < -0.3 is 15.3 Å². The van der Waals surface area contributed by atoms with Gasteiger partial charge in [-0.25, -0.2) is 0 Å². The molecule has 0 saturated carbocycles. The van der Waals surface area contributed by atoms with E-state index in [1.54, 1.807) is 25.9 Å². The summed E-state index contributed by atoms with van der Waals surface area (Å²) in [6.07, 6.45) is -4.59. The van der Waals surface area contributed by atoms with Gasteiger partial charge in [-0.15, -0.1) is 0 Å². The SMILES string of the molecule is CN(C)CC(C)(O)CNc1ccc(C#N)c(C(F)(F)F)c1. The van der Waals surface area contributed by atoms with Crippen molar-refractivity contribution in [1.82, 2.24) is 4.90 Å². The Hall–Kier alpha value is -1.78. The summed E-state index contributed by atoms with van der Waals surface area (Å²) in [7, 11) is 3.58. The van der Waals surface area contributed by atoms with Gasteiger partial charge >= 0.3 is 6.18 Å². The molecule has 1 atom stereocenters. The molecule has 2 N–H and O–H groups in total. The maximum atomic E-state index is 12.8. The third kappa shape index (κ3) is 5.25. The predicted molar refractivity (Wildman–Crippen MR) is 73.8 cm³/mol. The van der Waals surface area contributed by atoms with Crippen LogP contribution in [0.25, 0.3) is 0 Å². The summed E-state index contributed by atoms with van der Waals surface area (Å²) in [6.45, 7) is 2.05. The van der Waals surface area contributed by atoms with Gasteiger partial charge in [0.15, 0.2) is 0 Å². The first-order valence-corrected chi connectivity index (χ1v) is 6.27. The van der Waals surface area contributed by atoms with Crippen LogP contribution in [0, 0.1) is 11.3 Å². The molecule has 116 valence electrons. The zero-order valence-electron chi connectivity index (χ0n) is 12.1. The summed E-state index contributed by atoms with van der Waals surface area (Å²) >= 11 is 0. The smallest absolute Gasteiger partial charge is 0.387 e. The summed E-state index contributed by atoms with van der Waals surface area (Å²) in [6, 6.07) is 4.91. The average molecular weight is 301 g/mol. The first-order valence-electron chi connectivity index (χ1n) is 6.27. The zero-order valence-corrected chi connectivity index (χ0v) is 12.1. The zero-order chi connectivity index (χ0) is 16.3. The molecule has 0 spiro atoms. The number of aliphatic hydroxyl groups is 1. The lowest BCUT2D eigenvalue weighted by atomic mass is 10.0. The van der Waals surface area contributed by atoms with Crippen LogP contribution in [0.4, 0.5) is 18.9 Å². The van der Waals surface area contributed by atoms with E-state index >= 15 is 0 Å². The highest BCUT2D eigenvalue weighted by molar-refractivity contribution is 5.53. The van der Waals surface area contributed by atoms with Gasteiger partial charge in [-0.05, 0) is 39.2 Å². The molecule has 0 aliphatic heterocycles. The van der Waals surface area contributed by atoms with E-state index in [2.05, 4.69) is 5.32 Å². The fraction of sp³-hybridized carbons (Fsp3) is 0.500. The second-order valence-corrected chi connectivity index (χ2v) is 5.46. The van der Waals surface area contributed by atoms with Crippen LogP contribution in [0.5, 0.6) is 0 Å². The molecule has 0 aliphatic carbocycles. The third-order valence-electron chi connectivity index (χ3n) is 2.78. The maximum Gasteiger partial charge on any atom is 0.417 e. The van der Waals surface area contributed by atoms with E-state index in [0.29, 0.717) is 6.54 Å². The van der Waals surface area contributed by atoms with Crippen molar-refractivity contribution in [2.45, 2.75) is 18.7 Å². The van der Waals surface area contributed by atoms with Gasteiger partial charge in [0, 0.05) is 18.8 Å². The second kappa shape index (κ2) is 6.33. The first-order chi connectivity index (χ1) is 9.55. The number of anilines is 1. The molecule has 0 saturated heterocycles.